The van der Waals surface area contributed by atoms with Crippen LogP contribution in [0.1, 0.15) is 27.0 Å². The SMILES string of the molecule is Cc1cc(C)c(C(=O)CSc2nnc(Nc3ccccc3)n2-c2ccccc2)c(C)c1. The molecule has 0 saturated carbocycles. The maximum atomic E-state index is 13.0. The van der Waals surface area contributed by atoms with E-state index in [0.29, 0.717) is 16.9 Å². The number of nitrogens with one attached hydrogen (secondary N) is 1. The first-order valence-corrected chi connectivity index (χ1v) is 11.1. The summed E-state index contributed by atoms with van der Waals surface area (Å²) in [6.45, 7) is 6.03. The molecule has 31 heavy (non-hydrogen) atoms. The van der Waals surface area contributed by atoms with Crippen LogP contribution < -0.4 is 5.32 Å². The predicted molar refractivity (Wildman–Crippen MR) is 127 cm³/mol. The van der Waals surface area contributed by atoms with Crippen molar-refractivity contribution in [3.8, 4) is 5.69 Å². The lowest BCUT2D eigenvalue weighted by Crippen LogP contribution is -2.09. The molecule has 4 aromatic rings. The number of benzene rings is 3. The van der Waals surface area contributed by atoms with Crippen LogP contribution in [-0.2, 0) is 0 Å². The maximum Gasteiger partial charge on any atom is 0.234 e. The molecule has 4 rings (SSSR count). The van der Waals surface area contributed by atoms with Crippen molar-refractivity contribution in [3.63, 3.8) is 0 Å². The van der Waals surface area contributed by atoms with E-state index < -0.39 is 0 Å². The van der Waals surface area contributed by atoms with E-state index in [2.05, 4.69) is 27.6 Å². The van der Waals surface area contributed by atoms with E-state index in [4.69, 9.17) is 0 Å². The minimum Gasteiger partial charge on any atom is -0.324 e. The molecule has 0 radical (unpaired) electrons. The van der Waals surface area contributed by atoms with Gasteiger partial charge >= 0.3 is 0 Å². The summed E-state index contributed by atoms with van der Waals surface area (Å²) >= 11 is 1.40. The minimum atomic E-state index is 0.0974. The standard InChI is InChI=1S/C25H24N4OS/c1-17-14-18(2)23(19(3)15-17)22(30)16-31-25-28-27-24(26-20-10-6-4-7-11-20)29(25)21-12-8-5-9-13-21/h4-15H,16H2,1-3H3,(H,26,27). The van der Waals surface area contributed by atoms with E-state index in [9.17, 15) is 4.79 Å². The van der Waals surface area contributed by atoms with E-state index in [1.807, 2.05) is 86.0 Å². The zero-order valence-corrected chi connectivity index (χ0v) is 18.6. The van der Waals surface area contributed by atoms with Gasteiger partial charge in [-0.2, -0.15) is 0 Å². The summed E-state index contributed by atoms with van der Waals surface area (Å²) in [6, 6.07) is 23.9. The molecular formula is C25H24N4OS. The van der Waals surface area contributed by atoms with Crippen molar-refractivity contribution in [1.29, 1.82) is 0 Å². The fourth-order valence-electron chi connectivity index (χ4n) is 3.73. The van der Waals surface area contributed by atoms with Crippen molar-refractivity contribution in [2.75, 3.05) is 11.1 Å². The van der Waals surface area contributed by atoms with Gasteiger partial charge in [0.2, 0.25) is 5.95 Å². The normalized spacial score (nSPS) is 10.8. The van der Waals surface area contributed by atoms with Gasteiger partial charge < -0.3 is 5.32 Å². The highest BCUT2D eigenvalue weighted by Crippen LogP contribution is 2.28. The second-order valence-electron chi connectivity index (χ2n) is 7.45. The number of aromatic nitrogens is 3. The number of carbonyl (C=O) groups excluding carboxylic acids is 1. The Kier molecular flexibility index (Phi) is 6.18. The lowest BCUT2D eigenvalue weighted by atomic mass is 9.97. The highest BCUT2D eigenvalue weighted by atomic mass is 32.2. The van der Waals surface area contributed by atoms with Crippen LogP contribution in [0, 0.1) is 20.8 Å². The third-order valence-corrected chi connectivity index (χ3v) is 5.89. The fraction of sp³-hybridized carbons (Fsp3) is 0.160. The first kappa shape index (κ1) is 20.9. The zero-order chi connectivity index (χ0) is 21.8. The number of aryl methyl sites for hydroxylation is 3. The van der Waals surface area contributed by atoms with Gasteiger partial charge in [0, 0.05) is 11.3 Å². The van der Waals surface area contributed by atoms with Gasteiger partial charge in [0.15, 0.2) is 10.9 Å². The molecule has 0 aliphatic carbocycles. The average molecular weight is 429 g/mol. The topological polar surface area (TPSA) is 59.8 Å². The van der Waals surface area contributed by atoms with Crippen molar-refractivity contribution in [2.45, 2.75) is 25.9 Å². The Balaban J connectivity index is 1.62. The second-order valence-corrected chi connectivity index (χ2v) is 8.40. The van der Waals surface area contributed by atoms with Crippen LogP contribution in [0.4, 0.5) is 11.6 Å². The number of ketones is 1. The monoisotopic (exact) mass is 428 g/mol. The molecular weight excluding hydrogens is 404 g/mol. The smallest absolute Gasteiger partial charge is 0.234 e. The van der Waals surface area contributed by atoms with Gasteiger partial charge in [-0.15, -0.1) is 10.2 Å². The van der Waals surface area contributed by atoms with E-state index >= 15 is 0 Å². The summed E-state index contributed by atoms with van der Waals surface area (Å²) in [5, 5.41) is 12.7. The maximum absolute atomic E-state index is 13.0. The fourth-order valence-corrected chi connectivity index (χ4v) is 4.55. The summed E-state index contributed by atoms with van der Waals surface area (Å²) < 4.78 is 1.94. The molecule has 1 N–H and O–H groups in total. The Labute approximate surface area is 186 Å². The molecule has 0 bridgehead atoms. The van der Waals surface area contributed by atoms with Crippen LogP contribution in [0.25, 0.3) is 5.69 Å². The number of hydrogen-bond acceptors (Lipinski definition) is 5. The first-order valence-electron chi connectivity index (χ1n) is 10.1. The largest absolute Gasteiger partial charge is 0.324 e. The molecule has 0 aliphatic rings. The number of nitrogens with zero attached hydrogens (tertiary/aromatic N) is 3. The molecule has 0 unspecified atom stereocenters. The first-order chi connectivity index (χ1) is 15.0. The Morgan fingerprint density at radius 3 is 2.16 bits per heavy atom. The summed E-state index contributed by atoms with van der Waals surface area (Å²) in [7, 11) is 0. The average Bonchev–Trinajstić information content (AvgIpc) is 3.15. The van der Waals surface area contributed by atoms with Crippen LogP contribution in [0.3, 0.4) is 0 Å². The van der Waals surface area contributed by atoms with Crippen molar-refractivity contribution in [3.05, 3.63) is 95.1 Å². The molecule has 0 aliphatic heterocycles. The van der Waals surface area contributed by atoms with Gasteiger partial charge in [-0.3, -0.25) is 9.36 Å². The van der Waals surface area contributed by atoms with E-state index in [0.717, 1.165) is 28.1 Å². The number of anilines is 2. The number of Topliss-reactive ketones (excluding diaryl/α,β-unsaturated/α-hetero) is 1. The second kappa shape index (κ2) is 9.18. The molecule has 0 fully saturated rings. The molecule has 0 saturated heterocycles. The number of rotatable bonds is 7. The number of thioether (sulfide) groups is 1. The highest BCUT2D eigenvalue weighted by Gasteiger charge is 2.18. The summed E-state index contributed by atoms with van der Waals surface area (Å²) in [5.41, 5.74) is 5.85. The van der Waals surface area contributed by atoms with Crippen LogP contribution in [0.5, 0.6) is 0 Å². The number of para-hydroxylation sites is 2. The molecule has 0 amide bonds. The Morgan fingerprint density at radius 2 is 1.52 bits per heavy atom. The zero-order valence-electron chi connectivity index (χ0n) is 17.8. The lowest BCUT2D eigenvalue weighted by Gasteiger charge is -2.12. The van der Waals surface area contributed by atoms with Gasteiger partial charge in [0.25, 0.3) is 0 Å². The van der Waals surface area contributed by atoms with Crippen LogP contribution in [-0.4, -0.2) is 26.3 Å². The van der Waals surface area contributed by atoms with Crippen LogP contribution in [0.15, 0.2) is 78.0 Å². The molecule has 0 spiro atoms. The van der Waals surface area contributed by atoms with Crippen molar-refractivity contribution >= 4 is 29.2 Å². The van der Waals surface area contributed by atoms with Gasteiger partial charge in [0.05, 0.1) is 11.4 Å². The van der Waals surface area contributed by atoms with E-state index in [-0.39, 0.29) is 5.78 Å². The molecule has 6 heteroatoms. The van der Waals surface area contributed by atoms with Gasteiger partial charge in [-0.25, -0.2) is 0 Å². The molecule has 156 valence electrons. The van der Waals surface area contributed by atoms with Crippen molar-refractivity contribution in [2.24, 2.45) is 0 Å². The number of hydrogen-bond donors (Lipinski definition) is 1. The molecule has 3 aromatic carbocycles. The Morgan fingerprint density at radius 1 is 0.903 bits per heavy atom. The van der Waals surface area contributed by atoms with Crippen molar-refractivity contribution in [1.82, 2.24) is 14.8 Å². The third kappa shape index (κ3) is 4.70. The van der Waals surface area contributed by atoms with Gasteiger partial charge in [-0.1, -0.05) is 65.9 Å². The number of carbonyl (C=O) groups is 1. The van der Waals surface area contributed by atoms with Gasteiger partial charge in [0.1, 0.15) is 0 Å². The summed E-state index contributed by atoms with van der Waals surface area (Å²) in [6.07, 6.45) is 0. The quantitative estimate of drug-likeness (QED) is 0.293. The Hall–Kier alpha value is -3.38. The van der Waals surface area contributed by atoms with Crippen molar-refractivity contribution < 1.29 is 4.79 Å². The predicted octanol–water partition coefficient (Wildman–Crippen LogP) is 5.91. The highest BCUT2D eigenvalue weighted by molar-refractivity contribution is 7.99. The third-order valence-electron chi connectivity index (χ3n) is 4.97. The molecule has 1 heterocycles. The van der Waals surface area contributed by atoms with E-state index in [1.54, 1.807) is 0 Å². The van der Waals surface area contributed by atoms with Crippen LogP contribution >= 0.6 is 11.8 Å². The molecule has 5 nitrogen and oxygen atoms in total. The van der Waals surface area contributed by atoms with Crippen LogP contribution in [0.2, 0.25) is 0 Å². The van der Waals surface area contributed by atoms with Gasteiger partial charge in [-0.05, 0) is 56.2 Å². The summed E-state index contributed by atoms with van der Waals surface area (Å²) in [5.74, 6) is 0.997. The molecule has 0 atom stereocenters. The lowest BCUT2D eigenvalue weighted by molar-refractivity contribution is 0.102. The Bertz CT molecular complexity index is 1180. The molecule has 1 aromatic heterocycles. The minimum absolute atomic E-state index is 0.0974. The summed E-state index contributed by atoms with van der Waals surface area (Å²) in [4.78, 5) is 13.0. The van der Waals surface area contributed by atoms with E-state index in [1.165, 1.54) is 17.3 Å².